The topological polar surface area (TPSA) is 43.1 Å². The van der Waals surface area contributed by atoms with Gasteiger partial charge in [0, 0.05) is 6.42 Å². The van der Waals surface area contributed by atoms with E-state index in [9.17, 15) is 4.79 Å². The number of hydrogen-bond donors (Lipinski definition) is 2. The number of nitrogens with two attached hydrogens (primary N) is 1. The van der Waals surface area contributed by atoms with Gasteiger partial charge in [0.05, 0.1) is 0 Å². The Kier molecular flexibility index (Phi) is 7.36. The molecule has 3 heteroatoms. The molecule has 0 aromatic rings. The molecule has 0 aromatic heterocycles. The van der Waals surface area contributed by atoms with Crippen molar-refractivity contribution < 1.29 is 4.79 Å². The fourth-order valence-electron chi connectivity index (χ4n) is 1.23. The first kappa shape index (κ1) is 11.8. The number of carbonyl (C=O) groups is 1. The summed E-state index contributed by atoms with van der Waals surface area (Å²) >= 11 is 4.18. The first-order valence-electron chi connectivity index (χ1n) is 4.59. The van der Waals surface area contributed by atoms with Crippen molar-refractivity contribution in [2.24, 2.45) is 11.7 Å². The van der Waals surface area contributed by atoms with Crippen LogP contribution < -0.4 is 5.73 Å². The van der Waals surface area contributed by atoms with Gasteiger partial charge in [-0.15, -0.1) is 0 Å². The number of amides is 1. The predicted octanol–water partition coefficient (Wildman–Crippen LogP) is 1.99. The van der Waals surface area contributed by atoms with E-state index in [4.69, 9.17) is 5.73 Å². The molecule has 2 nitrogen and oxygen atoms in total. The van der Waals surface area contributed by atoms with Crippen molar-refractivity contribution in [3.8, 4) is 0 Å². The second-order valence-corrected chi connectivity index (χ2v) is 3.58. The van der Waals surface area contributed by atoms with E-state index in [-0.39, 0.29) is 5.91 Å². The third kappa shape index (κ3) is 6.53. The van der Waals surface area contributed by atoms with Gasteiger partial charge in [-0.05, 0) is 18.1 Å². The highest BCUT2D eigenvalue weighted by Crippen LogP contribution is 2.14. The summed E-state index contributed by atoms with van der Waals surface area (Å²) in [6.45, 7) is 2.17. The first-order chi connectivity index (χ1) is 5.70. The Morgan fingerprint density at radius 3 is 2.58 bits per heavy atom. The second kappa shape index (κ2) is 7.47. The van der Waals surface area contributed by atoms with Crippen LogP contribution in [0.2, 0.25) is 0 Å². The molecule has 0 bridgehead atoms. The lowest BCUT2D eigenvalue weighted by atomic mass is 9.99. The van der Waals surface area contributed by atoms with Gasteiger partial charge in [-0.3, -0.25) is 4.79 Å². The third-order valence-corrected chi connectivity index (χ3v) is 2.48. The minimum Gasteiger partial charge on any atom is -0.370 e. The van der Waals surface area contributed by atoms with E-state index in [1.54, 1.807) is 0 Å². The van der Waals surface area contributed by atoms with E-state index >= 15 is 0 Å². The summed E-state index contributed by atoms with van der Waals surface area (Å²) in [6, 6.07) is 0. The van der Waals surface area contributed by atoms with E-state index in [1.807, 2.05) is 0 Å². The lowest BCUT2D eigenvalue weighted by Gasteiger charge is -2.10. The van der Waals surface area contributed by atoms with E-state index in [2.05, 4.69) is 19.6 Å². The van der Waals surface area contributed by atoms with Crippen molar-refractivity contribution in [2.45, 2.75) is 39.0 Å². The molecule has 2 N–H and O–H groups in total. The van der Waals surface area contributed by atoms with Gasteiger partial charge in [0.1, 0.15) is 0 Å². The Morgan fingerprint density at radius 1 is 1.50 bits per heavy atom. The Morgan fingerprint density at radius 2 is 2.17 bits per heavy atom. The molecule has 72 valence electrons. The molecule has 0 saturated carbocycles. The molecule has 0 heterocycles. The Bertz CT molecular complexity index is 128. The second-order valence-electron chi connectivity index (χ2n) is 3.21. The molecule has 0 spiro atoms. The number of rotatable bonds is 7. The van der Waals surface area contributed by atoms with Gasteiger partial charge < -0.3 is 5.73 Å². The molecule has 0 aliphatic heterocycles. The molecule has 0 fully saturated rings. The molecule has 0 saturated heterocycles. The fraction of sp³-hybridized carbons (Fsp3) is 0.889. The maximum Gasteiger partial charge on any atom is 0.217 e. The summed E-state index contributed by atoms with van der Waals surface area (Å²) in [5.74, 6) is 0.954. The SMILES string of the molecule is CCCCCC(CS)CC(N)=O. The lowest BCUT2D eigenvalue weighted by Crippen LogP contribution is -2.17. The normalized spacial score (nSPS) is 12.8. The van der Waals surface area contributed by atoms with E-state index < -0.39 is 0 Å². The molecule has 1 amide bonds. The third-order valence-electron chi connectivity index (χ3n) is 1.96. The maximum atomic E-state index is 10.6. The van der Waals surface area contributed by atoms with E-state index in [0.717, 1.165) is 12.2 Å². The van der Waals surface area contributed by atoms with Gasteiger partial charge in [-0.2, -0.15) is 12.6 Å². The van der Waals surface area contributed by atoms with Crippen LogP contribution >= 0.6 is 12.6 Å². The standard InChI is InChI=1S/C9H19NOS/c1-2-3-4-5-8(7-12)6-9(10)11/h8,12H,2-7H2,1H3,(H2,10,11). The van der Waals surface area contributed by atoms with Crippen LogP contribution in [0.5, 0.6) is 0 Å². The van der Waals surface area contributed by atoms with Crippen LogP contribution in [0.1, 0.15) is 39.0 Å². The average Bonchev–Trinajstić information content (AvgIpc) is 2.02. The van der Waals surface area contributed by atoms with E-state index in [1.165, 1.54) is 19.3 Å². The largest absolute Gasteiger partial charge is 0.370 e. The molecule has 0 aromatic carbocycles. The summed E-state index contributed by atoms with van der Waals surface area (Å²) in [7, 11) is 0. The van der Waals surface area contributed by atoms with Crippen LogP contribution in [0.4, 0.5) is 0 Å². The average molecular weight is 189 g/mol. The molecule has 1 unspecified atom stereocenters. The van der Waals surface area contributed by atoms with Crippen molar-refractivity contribution in [2.75, 3.05) is 5.75 Å². The van der Waals surface area contributed by atoms with Crippen molar-refractivity contribution in [1.82, 2.24) is 0 Å². The zero-order valence-corrected chi connectivity index (χ0v) is 8.65. The first-order valence-corrected chi connectivity index (χ1v) is 5.23. The van der Waals surface area contributed by atoms with Crippen LogP contribution in [0.3, 0.4) is 0 Å². The van der Waals surface area contributed by atoms with Gasteiger partial charge in [0.25, 0.3) is 0 Å². The fourth-order valence-corrected chi connectivity index (χ4v) is 1.54. The summed E-state index contributed by atoms with van der Waals surface area (Å²) in [4.78, 5) is 10.6. The zero-order valence-electron chi connectivity index (χ0n) is 7.75. The Labute approximate surface area is 80.3 Å². The monoisotopic (exact) mass is 189 g/mol. The van der Waals surface area contributed by atoms with Crippen LogP contribution in [0.15, 0.2) is 0 Å². The lowest BCUT2D eigenvalue weighted by molar-refractivity contribution is -0.118. The van der Waals surface area contributed by atoms with Crippen LogP contribution in [-0.4, -0.2) is 11.7 Å². The summed E-state index contributed by atoms with van der Waals surface area (Å²) in [5.41, 5.74) is 5.10. The molecule has 1 atom stereocenters. The molecule has 0 radical (unpaired) electrons. The molecule has 12 heavy (non-hydrogen) atoms. The summed E-state index contributed by atoms with van der Waals surface area (Å²) < 4.78 is 0. The van der Waals surface area contributed by atoms with Crippen molar-refractivity contribution >= 4 is 18.5 Å². The number of primary amides is 1. The molecular formula is C9H19NOS. The van der Waals surface area contributed by atoms with Gasteiger partial charge >= 0.3 is 0 Å². The zero-order chi connectivity index (χ0) is 9.40. The van der Waals surface area contributed by atoms with Gasteiger partial charge in [-0.1, -0.05) is 26.2 Å². The highest BCUT2D eigenvalue weighted by Gasteiger charge is 2.08. The molecule has 0 rings (SSSR count). The van der Waals surface area contributed by atoms with Crippen LogP contribution in [0.25, 0.3) is 0 Å². The maximum absolute atomic E-state index is 10.6. The predicted molar refractivity (Wildman–Crippen MR) is 55.3 cm³/mol. The smallest absolute Gasteiger partial charge is 0.217 e. The summed E-state index contributed by atoms with van der Waals surface area (Å²) in [6.07, 6.45) is 5.22. The highest BCUT2D eigenvalue weighted by molar-refractivity contribution is 7.80. The molecule has 0 aliphatic carbocycles. The quantitative estimate of drug-likeness (QED) is 0.467. The van der Waals surface area contributed by atoms with Crippen molar-refractivity contribution in [3.63, 3.8) is 0 Å². The van der Waals surface area contributed by atoms with Crippen molar-refractivity contribution in [1.29, 1.82) is 0 Å². The number of thiol groups is 1. The molecule has 0 aliphatic rings. The summed E-state index contributed by atoms with van der Waals surface area (Å²) in [5, 5.41) is 0. The minimum absolute atomic E-state index is 0.203. The van der Waals surface area contributed by atoms with Crippen LogP contribution in [0, 0.1) is 5.92 Å². The number of unbranched alkanes of at least 4 members (excludes halogenated alkanes) is 2. The molecular weight excluding hydrogens is 170 g/mol. The van der Waals surface area contributed by atoms with Crippen molar-refractivity contribution in [3.05, 3.63) is 0 Å². The minimum atomic E-state index is -0.203. The van der Waals surface area contributed by atoms with Gasteiger partial charge in [-0.25, -0.2) is 0 Å². The highest BCUT2D eigenvalue weighted by atomic mass is 32.1. The van der Waals surface area contributed by atoms with Crippen LogP contribution in [-0.2, 0) is 4.79 Å². The number of hydrogen-bond acceptors (Lipinski definition) is 2. The van der Waals surface area contributed by atoms with Gasteiger partial charge in [0.15, 0.2) is 0 Å². The Hall–Kier alpha value is -0.180. The Balaban J connectivity index is 3.46. The van der Waals surface area contributed by atoms with E-state index in [0.29, 0.717) is 12.3 Å². The number of carbonyl (C=O) groups excluding carboxylic acids is 1. The van der Waals surface area contributed by atoms with Gasteiger partial charge in [0.2, 0.25) is 5.91 Å².